The molecule has 0 radical (unpaired) electrons. The molecule has 1 atom stereocenters. The Morgan fingerprint density at radius 3 is 2.72 bits per heavy atom. The molecule has 4 rings (SSSR count). The summed E-state index contributed by atoms with van der Waals surface area (Å²) in [5, 5.41) is 7.14. The quantitative estimate of drug-likeness (QED) is 0.640. The van der Waals surface area contributed by atoms with Crippen LogP contribution in [0.5, 0.6) is 0 Å². The number of rotatable bonds is 3. The van der Waals surface area contributed by atoms with Gasteiger partial charge in [0.05, 0.1) is 28.0 Å². The van der Waals surface area contributed by atoms with Crippen molar-refractivity contribution >= 4 is 17.2 Å². The Morgan fingerprint density at radius 1 is 1.24 bits per heavy atom. The molecule has 1 fully saturated rings. The van der Waals surface area contributed by atoms with Crippen molar-refractivity contribution in [3.05, 3.63) is 57.9 Å². The molecule has 1 unspecified atom stereocenters. The van der Waals surface area contributed by atoms with E-state index >= 15 is 0 Å². The van der Waals surface area contributed by atoms with Gasteiger partial charge in [-0.15, -0.1) is 11.3 Å². The topological polar surface area (TPSA) is 63.9 Å². The summed E-state index contributed by atoms with van der Waals surface area (Å²) < 4.78 is 39.6. The summed E-state index contributed by atoms with van der Waals surface area (Å²) in [5.74, 6) is 0.315. The van der Waals surface area contributed by atoms with E-state index < -0.39 is 11.7 Å². The number of piperidine rings is 1. The van der Waals surface area contributed by atoms with E-state index in [2.05, 4.69) is 15.1 Å². The van der Waals surface area contributed by atoms with E-state index in [1.54, 1.807) is 29.4 Å². The predicted molar refractivity (Wildman–Crippen MR) is 101 cm³/mol. The third-order valence-corrected chi connectivity index (χ3v) is 5.98. The van der Waals surface area contributed by atoms with Crippen LogP contribution in [0, 0.1) is 6.92 Å². The number of thiazole rings is 1. The Balaban J connectivity index is 1.54. The van der Waals surface area contributed by atoms with E-state index in [1.165, 1.54) is 16.9 Å². The molecule has 0 aliphatic carbocycles. The Kier molecular flexibility index (Phi) is 5.12. The molecule has 3 aromatic heterocycles. The second-order valence-electron chi connectivity index (χ2n) is 6.92. The van der Waals surface area contributed by atoms with Crippen LogP contribution < -0.4 is 0 Å². The van der Waals surface area contributed by atoms with Crippen LogP contribution in [-0.4, -0.2) is 43.6 Å². The monoisotopic (exact) mass is 421 g/mol. The summed E-state index contributed by atoms with van der Waals surface area (Å²) in [6.45, 7) is 2.96. The molecular formula is C19H18F3N5OS. The number of hydrogen-bond acceptors (Lipinski definition) is 5. The van der Waals surface area contributed by atoms with Crippen LogP contribution in [0.2, 0.25) is 0 Å². The molecule has 0 N–H and O–H groups in total. The van der Waals surface area contributed by atoms with Crippen LogP contribution in [0.3, 0.4) is 0 Å². The van der Waals surface area contributed by atoms with Crippen molar-refractivity contribution in [2.24, 2.45) is 0 Å². The van der Waals surface area contributed by atoms with Crippen molar-refractivity contribution in [1.82, 2.24) is 24.6 Å². The maximum atomic E-state index is 13.1. The fourth-order valence-electron chi connectivity index (χ4n) is 3.50. The molecule has 4 heterocycles. The number of nitrogens with zero attached hydrogens (tertiary/aromatic N) is 5. The van der Waals surface area contributed by atoms with Gasteiger partial charge < -0.3 is 4.90 Å². The predicted octanol–water partition coefficient (Wildman–Crippen LogP) is 4.07. The van der Waals surface area contributed by atoms with Gasteiger partial charge in [0.25, 0.3) is 5.91 Å². The maximum absolute atomic E-state index is 13.1. The number of alkyl halides is 3. The standard InChI is InChI=1S/C19H18F3N5OS/c1-12-15(10-25-27(12)16-5-4-14(9-24-16)19(20,21)22)18(28)26-7-2-3-13(11-26)17-23-6-8-29-17/h4-6,8-10,13H,2-3,7,11H2,1H3. The molecule has 0 aromatic carbocycles. The summed E-state index contributed by atoms with van der Waals surface area (Å²) >= 11 is 1.59. The summed E-state index contributed by atoms with van der Waals surface area (Å²) in [6, 6.07) is 2.20. The average Bonchev–Trinajstić information content (AvgIpc) is 3.37. The molecular weight excluding hydrogens is 403 g/mol. The third-order valence-electron chi connectivity index (χ3n) is 5.04. The van der Waals surface area contributed by atoms with Gasteiger partial charge in [0.15, 0.2) is 5.82 Å². The Labute approximate surface area is 169 Å². The highest BCUT2D eigenvalue weighted by Gasteiger charge is 2.31. The smallest absolute Gasteiger partial charge is 0.338 e. The first kappa shape index (κ1) is 19.6. The zero-order valence-corrected chi connectivity index (χ0v) is 16.4. The van der Waals surface area contributed by atoms with Gasteiger partial charge in [0.2, 0.25) is 0 Å². The molecule has 10 heteroatoms. The van der Waals surface area contributed by atoms with E-state index in [4.69, 9.17) is 0 Å². The lowest BCUT2D eigenvalue weighted by molar-refractivity contribution is -0.137. The van der Waals surface area contributed by atoms with Gasteiger partial charge >= 0.3 is 6.18 Å². The van der Waals surface area contributed by atoms with Crippen molar-refractivity contribution in [2.45, 2.75) is 31.9 Å². The van der Waals surface area contributed by atoms with Crippen molar-refractivity contribution < 1.29 is 18.0 Å². The fraction of sp³-hybridized carbons (Fsp3) is 0.368. The minimum Gasteiger partial charge on any atom is -0.338 e. The maximum Gasteiger partial charge on any atom is 0.417 e. The molecule has 29 heavy (non-hydrogen) atoms. The van der Waals surface area contributed by atoms with Crippen molar-refractivity contribution in [3.63, 3.8) is 0 Å². The van der Waals surface area contributed by atoms with Crippen molar-refractivity contribution in [2.75, 3.05) is 13.1 Å². The number of hydrogen-bond donors (Lipinski definition) is 0. The summed E-state index contributed by atoms with van der Waals surface area (Å²) in [5.41, 5.74) is 0.133. The van der Waals surface area contributed by atoms with Gasteiger partial charge in [-0.05, 0) is 31.9 Å². The molecule has 152 valence electrons. The number of pyridine rings is 1. The molecule has 0 saturated carbocycles. The van der Waals surface area contributed by atoms with E-state index in [0.29, 0.717) is 24.3 Å². The fourth-order valence-corrected chi connectivity index (χ4v) is 4.27. The summed E-state index contributed by atoms with van der Waals surface area (Å²) in [7, 11) is 0. The van der Waals surface area contributed by atoms with Gasteiger partial charge in [-0.2, -0.15) is 18.3 Å². The third kappa shape index (κ3) is 3.89. The number of halogens is 3. The van der Waals surface area contributed by atoms with Gasteiger partial charge in [-0.25, -0.2) is 14.6 Å². The van der Waals surface area contributed by atoms with E-state index in [1.807, 2.05) is 5.38 Å². The lowest BCUT2D eigenvalue weighted by Gasteiger charge is -2.31. The molecule has 1 amide bonds. The van der Waals surface area contributed by atoms with Crippen LogP contribution >= 0.6 is 11.3 Å². The molecule has 6 nitrogen and oxygen atoms in total. The first-order valence-corrected chi connectivity index (χ1v) is 9.99. The van der Waals surface area contributed by atoms with Crippen molar-refractivity contribution in [3.8, 4) is 5.82 Å². The lowest BCUT2D eigenvalue weighted by atomic mass is 9.98. The molecule has 1 aliphatic heterocycles. The minimum absolute atomic E-state index is 0.137. The van der Waals surface area contributed by atoms with Crippen LogP contribution in [-0.2, 0) is 6.18 Å². The van der Waals surface area contributed by atoms with Crippen molar-refractivity contribution in [1.29, 1.82) is 0 Å². The average molecular weight is 421 g/mol. The molecule has 0 spiro atoms. The second-order valence-corrected chi connectivity index (χ2v) is 7.85. The zero-order chi connectivity index (χ0) is 20.6. The number of aromatic nitrogens is 4. The number of amides is 1. The Hall–Kier alpha value is -2.75. The Bertz CT molecular complexity index is 998. The van der Waals surface area contributed by atoms with E-state index in [9.17, 15) is 18.0 Å². The summed E-state index contributed by atoms with van der Waals surface area (Å²) in [4.78, 5) is 23.1. The summed E-state index contributed by atoms with van der Waals surface area (Å²) in [6.07, 6.45) is 1.42. The molecule has 1 aliphatic rings. The van der Waals surface area contributed by atoms with Gasteiger partial charge in [0, 0.05) is 36.8 Å². The Morgan fingerprint density at radius 2 is 2.07 bits per heavy atom. The lowest BCUT2D eigenvalue weighted by Crippen LogP contribution is -2.39. The largest absolute Gasteiger partial charge is 0.417 e. The highest BCUT2D eigenvalue weighted by molar-refractivity contribution is 7.09. The first-order chi connectivity index (χ1) is 13.8. The van der Waals surface area contributed by atoms with Crippen LogP contribution in [0.15, 0.2) is 36.1 Å². The second kappa shape index (κ2) is 7.58. The highest BCUT2D eigenvalue weighted by atomic mass is 32.1. The molecule has 0 bridgehead atoms. The first-order valence-electron chi connectivity index (χ1n) is 9.11. The zero-order valence-electron chi connectivity index (χ0n) is 15.6. The molecule has 3 aromatic rings. The number of carbonyl (C=O) groups excluding carboxylic acids is 1. The van der Waals surface area contributed by atoms with Gasteiger partial charge in [-0.1, -0.05) is 0 Å². The van der Waals surface area contributed by atoms with Crippen LogP contribution in [0.4, 0.5) is 13.2 Å². The molecule has 1 saturated heterocycles. The normalized spacial score (nSPS) is 17.5. The van der Waals surface area contributed by atoms with Gasteiger partial charge in [0.1, 0.15) is 0 Å². The van der Waals surface area contributed by atoms with Gasteiger partial charge in [-0.3, -0.25) is 4.79 Å². The van der Waals surface area contributed by atoms with Crippen LogP contribution in [0.1, 0.15) is 45.4 Å². The SMILES string of the molecule is Cc1c(C(=O)N2CCCC(c3nccs3)C2)cnn1-c1ccc(C(F)(F)F)cn1. The number of carbonyl (C=O) groups is 1. The highest BCUT2D eigenvalue weighted by Crippen LogP contribution is 2.30. The van der Waals surface area contributed by atoms with E-state index in [0.717, 1.165) is 30.1 Å². The minimum atomic E-state index is -4.45. The van der Waals surface area contributed by atoms with E-state index in [-0.39, 0.29) is 17.6 Å². The number of likely N-dealkylation sites (tertiary alicyclic amines) is 1. The van der Waals surface area contributed by atoms with Crippen LogP contribution in [0.25, 0.3) is 5.82 Å².